The smallest absolute Gasteiger partial charge is 0.278 e. The molecule has 4 aromatic rings. The van der Waals surface area contributed by atoms with E-state index in [9.17, 15) is 4.79 Å². The van der Waals surface area contributed by atoms with Crippen molar-refractivity contribution >= 4 is 34.0 Å². The van der Waals surface area contributed by atoms with Crippen LogP contribution in [0.15, 0.2) is 34.6 Å². The summed E-state index contributed by atoms with van der Waals surface area (Å²) >= 11 is 1.55. The number of hydrogen-bond acceptors (Lipinski definition) is 7. The maximum absolute atomic E-state index is 13.3. The highest BCUT2D eigenvalue weighted by molar-refractivity contribution is 7.12. The Morgan fingerprint density at radius 1 is 1.18 bits per heavy atom. The molecule has 170 valence electrons. The predicted molar refractivity (Wildman–Crippen MR) is 131 cm³/mol. The van der Waals surface area contributed by atoms with Gasteiger partial charge in [0.25, 0.3) is 5.56 Å². The van der Waals surface area contributed by atoms with Crippen LogP contribution in [0.25, 0.3) is 16.2 Å². The molecule has 0 unspecified atom stereocenters. The highest BCUT2D eigenvalue weighted by Gasteiger charge is 2.32. The molecule has 33 heavy (non-hydrogen) atoms. The van der Waals surface area contributed by atoms with Crippen LogP contribution in [-0.2, 0) is 18.4 Å². The fourth-order valence-corrected chi connectivity index (χ4v) is 5.33. The molecule has 8 nitrogen and oxygen atoms in total. The quantitative estimate of drug-likeness (QED) is 0.476. The van der Waals surface area contributed by atoms with Crippen molar-refractivity contribution in [3.05, 3.63) is 57.0 Å². The molecule has 1 aromatic carbocycles. The molecule has 1 fully saturated rings. The van der Waals surface area contributed by atoms with E-state index in [4.69, 9.17) is 9.97 Å². The molecule has 1 aliphatic heterocycles. The molecule has 0 amide bonds. The second-order valence-corrected chi connectivity index (χ2v) is 10.8. The maximum atomic E-state index is 13.3. The number of aromatic nitrogens is 5. The van der Waals surface area contributed by atoms with Crippen molar-refractivity contribution in [2.24, 2.45) is 0 Å². The summed E-state index contributed by atoms with van der Waals surface area (Å²) in [4.78, 5) is 27.4. The third-order valence-corrected chi connectivity index (χ3v) is 7.12. The molecular weight excluding hydrogens is 434 g/mol. The molecular formula is C24H27N7OS. The van der Waals surface area contributed by atoms with Gasteiger partial charge in [0.15, 0.2) is 5.65 Å². The summed E-state index contributed by atoms with van der Waals surface area (Å²) in [5.74, 6) is 0.477. The number of rotatable bonds is 4. The lowest BCUT2D eigenvalue weighted by Crippen LogP contribution is -2.23. The first kappa shape index (κ1) is 20.6. The third kappa shape index (κ3) is 3.65. The second-order valence-electron chi connectivity index (χ2n) is 9.92. The number of anilines is 2. The van der Waals surface area contributed by atoms with Crippen molar-refractivity contribution in [1.29, 1.82) is 0 Å². The number of nitrogens with zero attached hydrogens (tertiary/aromatic N) is 5. The number of benzene rings is 1. The Labute approximate surface area is 195 Å². The minimum atomic E-state index is -0.0634. The van der Waals surface area contributed by atoms with E-state index in [0.717, 1.165) is 48.9 Å². The molecule has 3 aromatic heterocycles. The standard InChI is InChI=1S/C24H27N7OS/c1-24(2,3)19-13-33-23(28-19)31-20-18(21(32)30(31)17-6-7-17)12-26-22(29-20)27-16-5-4-15-11-25-9-8-14(15)10-16/h4-5,10,12-13,17,25H,6-9,11H2,1-3H3,(H,26,27,29). The molecule has 0 bridgehead atoms. The van der Waals surface area contributed by atoms with Gasteiger partial charge in [-0.3, -0.25) is 4.79 Å². The van der Waals surface area contributed by atoms with Crippen molar-refractivity contribution in [3.63, 3.8) is 0 Å². The van der Waals surface area contributed by atoms with Gasteiger partial charge in [-0.15, -0.1) is 11.3 Å². The Morgan fingerprint density at radius 3 is 2.79 bits per heavy atom. The van der Waals surface area contributed by atoms with Crippen LogP contribution in [0, 0.1) is 0 Å². The summed E-state index contributed by atoms with van der Waals surface area (Å²) in [5.41, 5.74) is 5.12. The van der Waals surface area contributed by atoms with E-state index in [2.05, 4.69) is 60.0 Å². The molecule has 0 saturated heterocycles. The van der Waals surface area contributed by atoms with Gasteiger partial charge in [0.05, 0.1) is 11.7 Å². The predicted octanol–water partition coefficient (Wildman–Crippen LogP) is 4.06. The van der Waals surface area contributed by atoms with E-state index in [1.807, 2.05) is 9.36 Å². The van der Waals surface area contributed by atoms with Crippen LogP contribution in [0.3, 0.4) is 0 Å². The van der Waals surface area contributed by atoms with Gasteiger partial charge in [-0.2, -0.15) is 4.98 Å². The highest BCUT2D eigenvalue weighted by atomic mass is 32.1. The van der Waals surface area contributed by atoms with Crippen LogP contribution in [0.2, 0.25) is 0 Å². The van der Waals surface area contributed by atoms with E-state index in [0.29, 0.717) is 17.0 Å². The molecule has 4 heterocycles. The van der Waals surface area contributed by atoms with Crippen LogP contribution >= 0.6 is 11.3 Å². The largest absolute Gasteiger partial charge is 0.324 e. The first-order valence-electron chi connectivity index (χ1n) is 11.4. The van der Waals surface area contributed by atoms with E-state index in [1.54, 1.807) is 17.5 Å². The minimum absolute atomic E-state index is 0.0483. The third-order valence-electron chi connectivity index (χ3n) is 6.31. The summed E-state index contributed by atoms with van der Waals surface area (Å²) < 4.78 is 3.72. The second kappa shape index (κ2) is 7.50. The van der Waals surface area contributed by atoms with Gasteiger partial charge in [-0.05, 0) is 49.1 Å². The van der Waals surface area contributed by atoms with Crippen molar-refractivity contribution in [1.82, 2.24) is 29.6 Å². The zero-order chi connectivity index (χ0) is 22.7. The van der Waals surface area contributed by atoms with Gasteiger partial charge in [-0.1, -0.05) is 26.8 Å². The van der Waals surface area contributed by atoms with Crippen LogP contribution in [0.4, 0.5) is 11.6 Å². The minimum Gasteiger partial charge on any atom is -0.324 e. The van der Waals surface area contributed by atoms with Gasteiger partial charge in [0.1, 0.15) is 5.39 Å². The average molecular weight is 462 g/mol. The molecule has 6 rings (SSSR count). The Balaban J connectivity index is 1.44. The lowest BCUT2D eigenvalue weighted by molar-refractivity contribution is 0.546. The fourth-order valence-electron chi connectivity index (χ4n) is 4.28. The maximum Gasteiger partial charge on any atom is 0.278 e. The van der Waals surface area contributed by atoms with Gasteiger partial charge in [0.2, 0.25) is 11.1 Å². The molecule has 2 aliphatic rings. The van der Waals surface area contributed by atoms with Crippen molar-refractivity contribution in [2.75, 3.05) is 11.9 Å². The molecule has 1 aliphatic carbocycles. The average Bonchev–Trinajstić information content (AvgIpc) is 3.42. The van der Waals surface area contributed by atoms with Gasteiger partial charge >= 0.3 is 0 Å². The van der Waals surface area contributed by atoms with Crippen molar-refractivity contribution in [3.8, 4) is 5.13 Å². The summed E-state index contributed by atoms with van der Waals surface area (Å²) in [6.45, 7) is 8.33. The van der Waals surface area contributed by atoms with Gasteiger partial charge in [0, 0.05) is 29.2 Å². The van der Waals surface area contributed by atoms with Crippen molar-refractivity contribution in [2.45, 2.75) is 58.0 Å². The first-order chi connectivity index (χ1) is 15.9. The normalized spacial score (nSPS) is 16.2. The fraction of sp³-hybridized carbons (Fsp3) is 0.417. The Kier molecular flexibility index (Phi) is 4.67. The number of thiazole rings is 1. The molecule has 0 atom stereocenters. The lowest BCUT2D eigenvalue weighted by atomic mass is 9.93. The van der Waals surface area contributed by atoms with E-state index in [-0.39, 0.29) is 17.0 Å². The van der Waals surface area contributed by atoms with E-state index < -0.39 is 0 Å². The van der Waals surface area contributed by atoms with Gasteiger partial charge in [-0.25, -0.2) is 19.3 Å². The summed E-state index contributed by atoms with van der Waals surface area (Å²) in [6, 6.07) is 6.56. The molecule has 1 saturated carbocycles. The van der Waals surface area contributed by atoms with Crippen LogP contribution in [0.1, 0.15) is 56.5 Å². The SMILES string of the molecule is CC(C)(C)c1csc(-n2c3nc(Nc4ccc5c(c4)CCNC5)ncc3c(=O)n2C2CC2)n1. The Hall–Kier alpha value is -3.04. The number of hydrogen-bond donors (Lipinski definition) is 2. The number of nitrogens with one attached hydrogen (secondary N) is 2. The van der Waals surface area contributed by atoms with Crippen molar-refractivity contribution < 1.29 is 0 Å². The summed E-state index contributed by atoms with van der Waals surface area (Å²) in [5, 5.41) is 10.1. The van der Waals surface area contributed by atoms with Gasteiger partial charge < -0.3 is 10.6 Å². The lowest BCUT2D eigenvalue weighted by Gasteiger charge is -2.18. The summed E-state index contributed by atoms with van der Waals surface area (Å²) in [6.07, 6.45) is 4.64. The Morgan fingerprint density at radius 2 is 2.03 bits per heavy atom. The summed E-state index contributed by atoms with van der Waals surface area (Å²) in [7, 11) is 0. The monoisotopic (exact) mass is 461 g/mol. The molecule has 0 radical (unpaired) electrons. The number of fused-ring (bicyclic) bond motifs is 2. The van der Waals surface area contributed by atoms with Crippen LogP contribution in [-0.4, -0.2) is 30.9 Å². The van der Waals surface area contributed by atoms with Crippen LogP contribution in [0.5, 0.6) is 0 Å². The Bertz CT molecular complexity index is 1420. The highest BCUT2D eigenvalue weighted by Crippen LogP contribution is 2.36. The van der Waals surface area contributed by atoms with E-state index >= 15 is 0 Å². The van der Waals surface area contributed by atoms with E-state index in [1.165, 1.54) is 11.1 Å². The van der Waals surface area contributed by atoms with Crippen LogP contribution < -0.4 is 16.2 Å². The zero-order valence-electron chi connectivity index (χ0n) is 19.1. The molecule has 0 spiro atoms. The first-order valence-corrected chi connectivity index (χ1v) is 12.3. The topological polar surface area (TPSA) is 89.7 Å². The molecule has 2 N–H and O–H groups in total. The molecule has 9 heteroatoms. The zero-order valence-corrected chi connectivity index (χ0v) is 19.9.